The van der Waals surface area contributed by atoms with Crippen LogP contribution in [0.4, 0.5) is 5.82 Å². The number of hydrogen-bond acceptors (Lipinski definition) is 6. The fraction of sp³-hybridized carbons (Fsp3) is 0.520. The van der Waals surface area contributed by atoms with Crippen LogP contribution < -0.4 is 15.8 Å². The molecule has 2 fully saturated rings. The first-order valence-corrected chi connectivity index (χ1v) is 11.7. The number of morpholine rings is 1. The van der Waals surface area contributed by atoms with Crippen LogP contribution in [-0.2, 0) is 9.53 Å². The Balaban J connectivity index is 1.80. The van der Waals surface area contributed by atoms with Crippen LogP contribution in [-0.4, -0.2) is 46.6 Å². The van der Waals surface area contributed by atoms with Crippen LogP contribution in [0.1, 0.15) is 57.1 Å². The van der Waals surface area contributed by atoms with Crippen molar-refractivity contribution in [3.63, 3.8) is 0 Å². The molecule has 174 valence electrons. The maximum Gasteiger partial charge on any atom is 0.267 e. The van der Waals surface area contributed by atoms with Crippen molar-refractivity contribution < 1.29 is 9.53 Å². The van der Waals surface area contributed by atoms with Gasteiger partial charge in [0.1, 0.15) is 23.1 Å². The summed E-state index contributed by atoms with van der Waals surface area (Å²) in [5.74, 6) is 0.0438. The Bertz CT molecular complexity index is 1160. The van der Waals surface area contributed by atoms with E-state index in [0.717, 1.165) is 31.2 Å². The lowest BCUT2D eigenvalue weighted by Crippen LogP contribution is -2.46. The zero-order chi connectivity index (χ0) is 23.5. The van der Waals surface area contributed by atoms with E-state index >= 15 is 0 Å². The molecule has 0 bridgehead atoms. The van der Waals surface area contributed by atoms with Crippen molar-refractivity contribution in [2.75, 3.05) is 18.0 Å². The second-order valence-corrected chi connectivity index (χ2v) is 9.18. The standard InChI is InChI=1S/C25H31N5O3/c1-16-8-7-11-30-22(16)28-23(29-14-17(2)33-18(3)15-29)21(25(30)32)12-19(13-26)24(31)27-20-9-5-4-6-10-20/h7-8,11-12,17-18,20H,4-6,9-10,14-15H2,1-3H3,(H,27,31)/b19-12+/t17-,18-/m1/s1. The first-order valence-electron chi connectivity index (χ1n) is 11.7. The smallest absolute Gasteiger partial charge is 0.267 e. The lowest BCUT2D eigenvalue weighted by Gasteiger charge is -2.36. The number of carbonyl (C=O) groups is 1. The number of hydrogen-bond donors (Lipinski definition) is 1. The van der Waals surface area contributed by atoms with Gasteiger partial charge in [-0.15, -0.1) is 0 Å². The third-order valence-corrected chi connectivity index (χ3v) is 6.38. The lowest BCUT2D eigenvalue weighted by molar-refractivity contribution is -0.117. The van der Waals surface area contributed by atoms with Gasteiger partial charge in [0.15, 0.2) is 0 Å². The van der Waals surface area contributed by atoms with E-state index in [1.807, 2.05) is 37.8 Å². The molecule has 2 atom stereocenters. The van der Waals surface area contributed by atoms with Gasteiger partial charge < -0.3 is 15.0 Å². The molecule has 1 amide bonds. The van der Waals surface area contributed by atoms with Crippen LogP contribution >= 0.6 is 0 Å². The zero-order valence-corrected chi connectivity index (χ0v) is 19.5. The van der Waals surface area contributed by atoms with Gasteiger partial charge in [0, 0.05) is 25.3 Å². The minimum absolute atomic E-state index is 0.0345. The van der Waals surface area contributed by atoms with E-state index in [2.05, 4.69) is 5.32 Å². The van der Waals surface area contributed by atoms with Crippen molar-refractivity contribution in [3.05, 3.63) is 45.4 Å². The lowest BCUT2D eigenvalue weighted by atomic mass is 9.95. The molecule has 1 aliphatic heterocycles. The molecule has 8 heteroatoms. The van der Waals surface area contributed by atoms with Crippen LogP contribution in [0.15, 0.2) is 28.7 Å². The third kappa shape index (κ3) is 4.93. The summed E-state index contributed by atoms with van der Waals surface area (Å²) in [5.41, 5.74) is 1.30. The number of aryl methyl sites for hydroxylation is 1. The highest BCUT2D eigenvalue weighted by Gasteiger charge is 2.27. The second-order valence-electron chi connectivity index (χ2n) is 9.18. The average molecular weight is 450 g/mol. The number of fused-ring (bicyclic) bond motifs is 1. The topological polar surface area (TPSA) is 99.7 Å². The number of pyridine rings is 1. The highest BCUT2D eigenvalue weighted by Crippen LogP contribution is 2.24. The molecule has 3 heterocycles. The van der Waals surface area contributed by atoms with Crippen LogP contribution in [0, 0.1) is 18.3 Å². The SMILES string of the molecule is Cc1cccn2c(=O)c(/C=C(\C#N)C(=O)NC3CCCCC3)c(N3C[C@@H](C)O[C@H](C)C3)nc12. The molecule has 1 saturated heterocycles. The zero-order valence-electron chi connectivity index (χ0n) is 19.5. The van der Waals surface area contributed by atoms with Crippen LogP contribution in [0.25, 0.3) is 11.7 Å². The van der Waals surface area contributed by atoms with Crippen LogP contribution in [0.3, 0.4) is 0 Å². The maximum atomic E-state index is 13.6. The van der Waals surface area contributed by atoms with Gasteiger partial charge in [0.2, 0.25) is 0 Å². The third-order valence-electron chi connectivity index (χ3n) is 6.38. The molecule has 1 N–H and O–H groups in total. The molecule has 2 aromatic rings. The summed E-state index contributed by atoms with van der Waals surface area (Å²) in [7, 11) is 0. The first kappa shape index (κ1) is 23.0. The number of aromatic nitrogens is 2. The van der Waals surface area contributed by atoms with E-state index in [1.54, 1.807) is 12.3 Å². The average Bonchev–Trinajstić information content (AvgIpc) is 2.79. The fourth-order valence-corrected chi connectivity index (χ4v) is 4.82. The monoisotopic (exact) mass is 449 g/mol. The highest BCUT2D eigenvalue weighted by molar-refractivity contribution is 6.02. The van der Waals surface area contributed by atoms with E-state index in [9.17, 15) is 14.9 Å². The van der Waals surface area contributed by atoms with Gasteiger partial charge in [0.25, 0.3) is 11.5 Å². The summed E-state index contributed by atoms with van der Waals surface area (Å²) in [6, 6.07) is 5.77. The van der Waals surface area contributed by atoms with Gasteiger partial charge in [-0.05, 0) is 51.3 Å². The van der Waals surface area contributed by atoms with Crippen molar-refractivity contribution in [3.8, 4) is 6.07 Å². The molecule has 2 aliphatic rings. The van der Waals surface area contributed by atoms with Crippen molar-refractivity contribution >= 4 is 23.4 Å². The minimum atomic E-state index is -0.437. The predicted octanol–water partition coefficient (Wildman–Crippen LogP) is 2.97. The summed E-state index contributed by atoms with van der Waals surface area (Å²) in [5, 5.41) is 12.8. The Morgan fingerprint density at radius 1 is 1.24 bits per heavy atom. The van der Waals surface area contributed by atoms with Crippen LogP contribution in [0.5, 0.6) is 0 Å². The Morgan fingerprint density at radius 3 is 2.61 bits per heavy atom. The number of nitrogens with one attached hydrogen (secondary N) is 1. The first-order chi connectivity index (χ1) is 15.9. The van der Waals surface area contributed by atoms with Crippen molar-refractivity contribution in [1.29, 1.82) is 5.26 Å². The molecule has 0 unspecified atom stereocenters. The van der Waals surface area contributed by atoms with E-state index in [1.165, 1.54) is 16.9 Å². The molecule has 1 aliphatic carbocycles. The van der Waals surface area contributed by atoms with Crippen molar-refractivity contribution in [2.24, 2.45) is 0 Å². The van der Waals surface area contributed by atoms with Gasteiger partial charge in [-0.25, -0.2) is 4.98 Å². The summed E-state index contributed by atoms with van der Waals surface area (Å²) < 4.78 is 7.34. The summed E-state index contributed by atoms with van der Waals surface area (Å²) in [6.45, 7) is 7.00. The number of carbonyl (C=O) groups excluding carboxylic acids is 1. The number of nitriles is 1. The fourth-order valence-electron chi connectivity index (χ4n) is 4.82. The summed E-state index contributed by atoms with van der Waals surface area (Å²) >= 11 is 0. The number of rotatable bonds is 4. The second kappa shape index (κ2) is 9.75. The van der Waals surface area contributed by atoms with E-state index in [4.69, 9.17) is 9.72 Å². The molecular formula is C25H31N5O3. The number of anilines is 1. The molecule has 0 aromatic carbocycles. The minimum Gasteiger partial charge on any atom is -0.372 e. The summed E-state index contributed by atoms with van der Waals surface area (Å²) in [6.07, 6.45) is 8.15. The maximum absolute atomic E-state index is 13.6. The van der Waals surface area contributed by atoms with Gasteiger partial charge in [-0.2, -0.15) is 5.26 Å². The van der Waals surface area contributed by atoms with Crippen LogP contribution in [0.2, 0.25) is 0 Å². The number of nitrogens with zero attached hydrogens (tertiary/aromatic N) is 4. The molecule has 33 heavy (non-hydrogen) atoms. The molecule has 2 aromatic heterocycles. The van der Waals surface area contributed by atoms with E-state index < -0.39 is 5.91 Å². The number of amides is 1. The van der Waals surface area contributed by atoms with Crippen molar-refractivity contribution in [2.45, 2.75) is 71.1 Å². The van der Waals surface area contributed by atoms with Crippen molar-refractivity contribution in [1.82, 2.24) is 14.7 Å². The van der Waals surface area contributed by atoms with Gasteiger partial charge >= 0.3 is 0 Å². The van der Waals surface area contributed by atoms with E-state index in [0.29, 0.717) is 24.6 Å². The predicted molar refractivity (Wildman–Crippen MR) is 127 cm³/mol. The van der Waals surface area contributed by atoms with E-state index in [-0.39, 0.29) is 34.9 Å². The molecule has 0 radical (unpaired) electrons. The summed E-state index contributed by atoms with van der Waals surface area (Å²) in [4.78, 5) is 33.3. The molecule has 8 nitrogen and oxygen atoms in total. The normalized spacial score (nSPS) is 22.2. The highest BCUT2D eigenvalue weighted by atomic mass is 16.5. The molecule has 4 rings (SSSR count). The Hall–Kier alpha value is -3.18. The number of ether oxygens (including phenoxy) is 1. The Morgan fingerprint density at radius 2 is 1.94 bits per heavy atom. The molecular weight excluding hydrogens is 418 g/mol. The Kier molecular flexibility index (Phi) is 6.80. The van der Waals surface area contributed by atoms with Gasteiger partial charge in [-0.3, -0.25) is 14.0 Å². The quantitative estimate of drug-likeness (QED) is 0.569. The Labute approximate surface area is 193 Å². The molecule has 1 saturated carbocycles. The van der Waals surface area contributed by atoms with Gasteiger partial charge in [-0.1, -0.05) is 25.3 Å². The molecule has 0 spiro atoms. The van der Waals surface area contributed by atoms with Gasteiger partial charge in [0.05, 0.1) is 17.8 Å². The largest absolute Gasteiger partial charge is 0.372 e.